The third kappa shape index (κ3) is 5.85. The Hall–Kier alpha value is -1.000. The van der Waals surface area contributed by atoms with E-state index in [9.17, 15) is 22.9 Å². The molecular formula is C27H29Br2NaO5S. The number of benzene rings is 2. The molecule has 36 heavy (non-hydrogen) atoms. The van der Waals surface area contributed by atoms with Crippen LogP contribution in [0.1, 0.15) is 64.2 Å². The second-order valence-corrected chi connectivity index (χ2v) is 12.2. The van der Waals surface area contributed by atoms with Crippen LogP contribution in [0.5, 0.6) is 5.75 Å². The van der Waals surface area contributed by atoms with E-state index in [1.54, 1.807) is 31.2 Å². The molecule has 2 aromatic rings. The minimum absolute atomic E-state index is 0. The van der Waals surface area contributed by atoms with Gasteiger partial charge in [-0.25, -0.2) is 0 Å². The number of allylic oxidation sites excluding steroid dienone is 5. The fraction of sp³-hybridized carbons (Fsp3) is 0.296. The summed E-state index contributed by atoms with van der Waals surface area (Å²) in [6, 6.07) is 8.10. The van der Waals surface area contributed by atoms with Crippen molar-refractivity contribution in [3.05, 3.63) is 84.3 Å². The Kier molecular flexibility index (Phi) is 10.2. The van der Waals surface area contributed by atoms with Crippen molar-refractivity contribution in [2.75, 3.05) is 0 Å². The van der Waals surface area contributed by atoms with Crippen LogP contribution in [0.15, 0.2) is 67.0 Å². The summed E-state index contributed by atoms with van der Waals surface area (Å²) in [6.45, 7) is 11.4. The molecule has 3 rings (SSSR count). The molecule has 1 aliphatic rings. The minimum atomic E-state index is -4.57. The first-order valence-electron chi connectivity index (χ1n) is 11.1. The van der Waals surface area contributed by atoms with Gasteiger partial charge in [-0.15, -0.1) is 0 Å². The van der Waals surface area contributed by atoms with Crippen molar-refractivity contribution in [2.24, 2.45) is 5.92 Å². The molecule has 1 aliphatic carbocycles. The molecule has 2 N–H and O–H groups in total. The first-order chi connectivity index (χ1) is 16.2. The molecule has 0 spiro atoms. The van der Waals surface area contributed by atoms with Gasteiger partial charge in [-0.1, -0.05) is 45.9 Å². The summed E-state index contributed by atoms with van der Waals surface area (Å²) in [5, 5.41) is 10.8. The van der Waals surface area contributed by atoms with Crippen LogP contribution < -0.4 is 29.6 Å². The smallest absolute Gasteiger partial charge is 1.00 e. The largest absolute Gasteiger partial charge is 1.00 e. The maximum Gasteiger partial charge on any atom is 1.00 e. The normalized spacial score (nSPS) is 15.9. The number of phenols is 1. The van der Waals surface area contributed by atoms with Crippen molar-refractivity contribution in [1.82, 2.24) is 0 Å². The van der Waals surface area contributed by atoms with Crippen molar-refractivity contribution < 1.29 is 53.9 Å². The van der Waals surface area contributed by atoms with Gasteiger partial charge in [0.05, 0.1) is 8.96 Å². The van der Waals surface area contributed by atoms with E-state index in [1.807, 2.05) is 40.7 Å². The van der Waals surface area contributed by atoms with Crippen LogP contribution in [0.3, 0.4) is 0 Å². The zero-order valence-electron chi connectivity index (χ0n) is 22.4. The summed E-state index contributed by atoms with van der Waals surface area (Å²) < 4.78 is 35.8. The van der Waals surface area contributed by atoms with E-state index >= 15 is 0 Å². The van der Waals surface area contributed by atoms with Gasteiger partial charge in [0.15, 0.2) is 5.78 Å². The summed E-state index contributed by atoms with van der Waals surface area (Å²) in [4.78, 5) is 12.7. The first kappa shape index (κ1) is 31.2. The third-order valence-corrected chi connectivity index (χ3v) is 9.06. The predicted octanol–water partition coefficient (Wildman–Crippen LogP) is 4.59. The molecule has 0 saturated heterocycles. The molecule has 0 fully saturated rings. The molecular weight excluding hydrogens is 619 g/mol. The van der Waals surface area contributed by atoms with E-state index in [0.29, 0.717) is 53.5 Å². The minimum Gasteiger partial charge on any atom is -1.00 e. The Morgan fingerprint density at radius 2 is 1.58 bits per heavy atom. The average Bonchev–Trinajstić information content (AvgIpc) is 2.78. The molecule has 0 heterocycles. The summed E-state index contributed by atoms with van der Waals surface area (Å²) in [6.07, 6.45) is 1.80. The van der Waals surface area contributed by atoms with E-state index in [1.165, 1.54) is 6.07 Å². The van der Waals surface area contributed by atoms with E-state index in [2.05, 4.69) is 31.9 Å². The second-order valence-electron chi connectivity index (χ2n) is 9.24. The van der Waals surface area contributed by atoms with E-state index in [4.69, 9.17) is 0 Å². The molecule has 0 bridgehead atoms. The second kappa shape index (κ2) is 11.8. The van der Waals surface area contributed by atoms with Crippen LogP contribution in [0, 0.1) is 12.8 Å². The van der Waals surface area contributed by atoms with Crippen LogP contribution in [0.25, 0.3) is 5.57 Å². The van der Waals surface area contributed by atoms with Crippen LogP contribution in [0.2, 0.25) is 0 Å². The predicted molar refractivity (Wildman–Crippen MR) is 148 cm³/mol. The molecule has 5 nitrogen and oxygen atoms in total. The molecule has 0 aromatic heterocycles. The topological polar surface area (TPSA) is 91.7 Å². The molecule has 2 aromatic carbocycles. The molecule has 0 unspecified atom stereocenters. The number of carbonyl (C=O) groups excluding carboxylic acids is 1. The summed E-state index contributed by atoms with van der Waals surface area (Å²) >= 11 is 6.97. The molecule has 9 heteroatoms. The first-order valence-corrected chi connectivity index (χ1v) is 14.2. The number of phenolic OH excluding ortho intramolecular Hbond substituents is 1. The van der Waals surface area contributed by atoms with Gasteiger partial charge < -0.3 is 6.53 Å². The molecule has 0 amide bonds. The number of rotatable bonds is 5. The van der Waals surface area contributed by atoms with Gasteiger partial charge in [-0.05, 0) is 109 Å². The van der Waals surface area contributed by atoms with Crippen LogP contribution in [0.4, 0.5) is 0 Å². The number of hydrogen-bond donors (Lipinski definition) is 2. The number of ketones is 1. The van der Waals surface area contributed by atoms with Gasteiger partial charge in [0.25, 0.3) is 10.1 Å². The van der Waals surface area contributed by atoms with Crippen molar-refractivity contribution in [3.63, 3.8) is 0 Å². The third-order valence-electron chi connectivity index (χ3n) is 6.23. The van der Waals surface area contributed by atoms with Gasteiger partial charge >= 0.3 is 29.6 Å². The van der Waals surface area contributed by atoms with E-state index in [0.717, 1.165) is 0 Å². The average molecular weight is 648 g/mol. The van der Waals surface area contributed by atoms with Crippen molar-refractivity contribution in [1.29, 1.82) is 0 Å². The molecule has 0 aliphatic heterocycles. The van der Waals surface area contributed by atoms with Crippen LogP contribution in [-0.2, 0) is 14.9 Å². The Labute approximate surface area is 253 Å². The molecule has 0 saturated carbocycles. The SMILES string of the molecule is CC1=C(Br)C(=O)C(C(C)C)=C/C1=C(\c1ccccc1S(=O)(=O)O)c1cc(C(C)C)c(O)c(Br)c1C.[H-].[Na+]. The number of carbonyl (C=O) groups is 1. The fourth-order valence-corrected chi connectivity index (χ4v) is 5.80. The maximum absolute atomic E-state index is 13.0. The van der Waals surface area contributed by atoms with Crippen molar-refractivity contribution in [3.8, 4) is 5.75 Å². The zero-order valence-corrected chi connectivity index (χ0v) is 27.4. The molecule has 0 radical (unpaired) electrons. The number of aromatic hydroxyl groups is 1. The van der Waals surface area contributed by atoms with Gasteiger partial charge in [0, 0.05) is 11.1 Å². The number of hydrogen-bond acceptors (Lipinski definition) is 4. The molecule has 188 valence electrons. The van der Waals surface area contributed by atoms with E-state index < -0.39 is 10.1 Å². The monoisotopic (exact) mass is 646 g/mol. The van der Waals surface area contributed by atoms with Gasteiger partial charge in [-0.3, -0.25) is 9.35 Å². The number of Topliss-reactive ketones (excluding diaryl/α,β-unsaturated/α-hetero) is 1. The molecule has 0 atom stereocenters. The maximum atomic E-state index is 13.0. The standard InChI is InChI=1S/C27H28Br2O5S.Na.H/c1-13(2)18-11-20(15(5)24(28)26(18)30)23(17-9-7-8-10-22(17)35(32,33)34)21-12-19(14(3)4)27(31)25(29)16(21)6;;/h7-14,30H,1-6H3,(H,32,33,34);;/q;+1;-1/b23-21-;;. The zero-order chi connectivity index (χ0) is 26.4. The quantitative estimate of drug-likeness (QED) is 0.366. The summed E-state index contributed by atoms with van der Waals surface area (Å²) in [7, 11) is -4.57. The Balaban J connectivity index is 0.00000342. The number of halogens is 2. The van der Waals surface area contributed by atoms with Crippen molar-refractivity contribution >= 4 is 53.3 Å². The van der Waals surface area contributed by atoms with Crippen molar-refractivity contribution in [2.45, 2.75) is 52.4 Å². The summed E-state index contributed by atoms with van der Waals surface area (Å²) in [5.74, 6) is -0.0867. The Morgan fingerprint density at radius 3 is 2.11 bits per heavy atom. The van der Waals surface area contributed by atoms with E-state index in [-0.39, 0.29) is 59.2 Å². The van der Waals surface area contributed by atoms with Crippen LogP contribution >= 0.6 is 31.9 Å². The van der Waals surface area contributed by atoms with Gasteiger partial charge in [0.2, 0.25) is 0 Å². The summed E-state index contributed by atoms with van der Waals surface area (Å²) in [5.41, 5.74) is 4.78. The van der Waals surface area contributed by atoms with Crippen LogP contribution in [-0.4, -0.2) is 23.9 Å². The Bertz CT molecular complexity index is 1440. The fourth-order valence-electron chi connectivity index (χ4n) is 4.22. The van der Waals surface area contributed by atoms with Gasteiger partial charge in [0.1, 0.15) is 10.6 Å². The Morgan fingerprint density at radius 1 is 1.00 bits per heavy atom. The van der Waals surface area contributed by atoms with Gasteiger partial charge in [-0.2, -0.15) is 8.42 Å².